The number of methoxy groups -OCH3 is 1. The van der Waals surface area contributed by atoms with Crippen molar-refractivity contribution in [1.82, 2.24) is 4.98 Å². The van der Waals surface area contributed by atoms with Gasteiger partial charge in [0.1, 0.15) is 17.6 Å². The molecule has 0 amide bonds. The van der Waals surface area contributed by atoms with Crippen molar-refractivity contribution in [2.24, 2.45) is 5.16 Å². The minimum atomic E-state index is -0.348. The Labute approximate surface area is 194 Å². The van der Waals surface area contributed by atoms with Gasteiger partial charge in [0.15, 0.2) is 0 Å². The summed E-state index contributed by atoms with van der Waals surface area (Å²) in [6, 6.07) is 17.5. The van der Waals surface area contributed by atoms with E-state index in [-0.39, 0.29) is 18.5 Å². The van der Waals surface area contributed by atoms with E-state index in [1.54, 1.807) is 0 Å². The molecule has 0 bridgehead atoms. The zero-order chi connectivity index (χ0) is 23.6. The Kier molecular flexibility index (Phi) is 8.63. The second-order valence-electron chi connectivity index (χ2n) is 7.87. The summed E-state index contributed by atoms with van der Waals surface area (Å²) in [6.07, 6.45) is 1.16. The first-order valence-electron chi connectivity index (χ1n) is 11.0. The number of hydrogen-bond donors (Lipinski definition) is 0. The van der Waals surface area contributed by atoms with Gasteiger partial charge < -0.3 is 18.7 Å². The summed E-state index contributed by atoms with van der Waals surface area (Å²) in [6.45, 7) is 6.17. The van der Waals surface area contributed by atoms with Crippen molar-refractivity contribution in [3.05, 3.63) is 71.6 Å². The van der Waals surface area contributed by atoms with Crippen molar-refractivity contribution in [2.75, 3.05) is 13.7 Å². The Bertz CT molecular complexity index is 1060. The first-order chi connectivity index (χ1) is 15.9. The molecule has 7 nitrogen and oxygen atoms in total. The number of aromatic nitrogens is 1. The molecule has 1 aromatic heterocycles. The maximum Gasteiger partial charge on any atom is 0.311 e. The zero-order valence-corrected chi connectivity index (χ0v) is 19.5. The van der Waals surface area contributed by atoms with Crippen molar-refractivity contribution >= 4 is 11.7 Å². The molecule has 0 N–H and O–H groups in total. The van der Waals surface area contributed by atoms with E-state index in [4.69, 9.17) is 18.7 Å². The number of ether oxygens (including phenoxy) is 2. The standard InChI is InChI=1S/C26H30N2O5/c1-18(2)33-28-22(17-25(29)30-4)16-20-10-12-23(13-11-20)31-15-14-24-19(3)32-26(27-24)21-8-6-5-7-9-21/h5-13,18H,14-17H2,1-4H3. The lowest BCUT2D eigenvalue weighted by Crippen LogP contribution is -2.13. The number of rotatable bonds is 11. The summed E-state index contributed by atoms with van der Waals surface area (Å²) in [5, 5.41) is 4.11. The van der Waals surface area contributed by atoms with E-state index < -0.39 is 0 Å². The number of hydrogen-bond acceptors (Lipinski definition) is 7. The zero-order valence-electron chi connectivity index (χ0n) is 19.5. The molecule has 7 heteroatoms. The van der Waals surface area contributed by atoms with E-state index >= 15 is 0 Å². The van der Waals surface area contributed by atoms with Gasteiger partial charge in [-0.3, -0.25) is 4.79 Å². The molecule has 33 heavy (non-hydrogen) atoms. The molecule has 0 spiro atoms. The van der Waals surface area contributed by atoms with Gasteiger partial charge >= 0.3 is 5.97 Å². The van der Waals surface area contributed by atoms with Crippen LogP contribution in [0.1, 0.15) is 37.3 Å². The summed E-state index contributed by atoms with van der Waals surface area (Å²) < 4.78 is 16.4. The second-order valence-corrected chi connectivity index (χ2v) is 7.87. The minimum Gasteiger partial charge on any atom is -0.493 e. The number of benzene rings is 2. The van der Waals surface area contributed by atoms with Gasteiger partial charge in [-0.15, -0.1) is 0 Å². The highest BCUT2D eigenvalue weighted by atomic mass is 16.6. The Morgan fingerprint density at radius 1 is 1.09 bits per heavy atom. The molecule has 0 radical (unpaired) electrons. The monoisotopic (exact) mass is 450 g/mol. The van der Waals surface area contributed by atoms with Gasteiger partial charge in [0.25, 0.3) is 0 Å². The Morgan fingerprint density at radius 3 is 2.48 bits per heavy atom. The lowest BCUT2D eigenvalue weighted by Gasteiger charge is -2.09. The molecule has 2 aromatic carbocycles. The van der Waals surface area contributed by atoms with Gasteiger partial charge in [-0.2, -0.15) is 0 Å². The number of nitrogens with zero attached hydrogens (tertiary/aromatic N) is 2. The fourth-order valence-electron chi connectivity index (χ4n) is 3.11. The first-order valence-corrected chi connectivity index (χ1v) is 11.0. The van der Waals surface area contributed by atoms with Gasteiger partial charge in [-0.1, -0.05) is 35.5 Å². The first kappa shape index (κ1) is 24.0. The smallest absolute Gasteiger partial charge is 0.311 e. The Morgan fingerprint density at radius 2 is 1.82 bits per heavy atom. The Hall–Kier alpha value is -3.61. The largest absolute Gasteiger partial charge is 0.493 e. The molecule has 0 saturated carbocycles. The summed E-state index contributed by atoms with van der Waals surface area (Å²) in [7, 11) is 1.36. The highest BCUT2D eigenvalue weighted by Crippen LogP contribution is 2.22. The van der Waals surface area contributed by atoms with Crippen LogP contribution in [-0.2, 0) is 27.2 Å². The average Bonchev–Trinajstić information content (AvgIpc) is 3.19. The third-order valence-electron chi connectivity index (χ3n) is 4.82. The summed E-state index contributed by atoms with van der Waals surface area (Å²) in [5.41, 5.74) is 3.45. The quantitative estimate of drug-likeness (QED) is 0.228. The normalized spacial score (nSPS) is 11.5. The van der Waals surface area contributed by atoms with E-state index in [0.29, 0.717) is 31.1 Å². The molecule has 0 aliphatic heterocycles. The van der Waals surface area contributed by atoms with E-state index in [9.17, 15) is 4.79 Å². The molecular formula is C26H30N2O5. The highest BCUT2D eigenvalue weighted by molar-refractivity contribution is 5.99. The van der Waals surface area contributed by atoms with Gasteiger partial charge in [0.05, 0.1) is 31.5 Å². The number of carbonyl (C=O) groups excluding carboxylic acids is 1. The van der Waals surface area contributed by atoms with Crippen molar-refractivity contribution < 1.29 is 23.5 Å². The van der Waals surface area contributed by atoms with Crippen LogP contribution in [0.5, 0.6) is 5.75 Å². The molecule has 1 heterocycles. The lowest BCUT2D eigenvalue weighted by atomic mass is 10.1. The van der Waals surface area contributed by atoms with Crippen molar-refractivity contribution in [3.63, 3.8) is 0 Å². The molecular weight excluding hydrogens is 420 g/mol. The van der Waals surface area contributed by atoms with Crippen LogP contribution >= 0.6 is 0 Å². The van der Waals surface area contributed by atoms with Crippen LogP contribution in [0.3, 0.4) is 0 Å². The maximum atomic E-state index is 11.7. The minimum absolute atomic E-state index is 0.0643. The van der Waals surface area contributed by atoms with E-state index in [2.05, 4.69) is 10.1 Å². The predicted octanol–water partition coefficient (Wildman–Crippen LogP) is 5.16. The molecule has 174 valence electrons. The SMILES string of the molecule is COC(=O)CC(Cc1ccc(OCCc2nc(-c3ccccc3)oc2C)cc1)=NOC(C)C. The topological polar surface area (TPSA) is 83.2 Å². The third-order valence-corrected chi connectivity index (χ3v) is 4.82. The molecule has 0 unspecified atom stereocenters. The average molecular weight is 451 g/mol. The summed E-state index contributed by atoms with van der Waals surface area (Å²) >= 11 is 0. The maximum absolute atomic E-state index is 11.7. The molecule has 3 aromatic rings. The van der Waals surface area contributed by atoms with Gasteiger partial charge in [-0.25, -0.2) is 4.98 Å². The van der Waals surface area contributed by atoms with Crippen LogP contribution in [0.4, 0.5) is 0 Å². The molecule has 0 fully saturated rings. The number of carbonyl (C=O) groups is 1. The highest BCUT2D eigenvalue weighted by Gasteiger charge is 2.12. The molecule has 0 saturated heterocycles. The fraction of sp³-hybridized carbons (Fsp3) is 0.346. The summed E-state index contributed by atoms with van der Waals surface area (Å²) in [4.78, 5) is 21.6. The molecule has 0 aliphatic rings. The number of esters is 1. The van der Waals surface area contributed by atoms with E-state index in [1.165, 1.54) is 7.11 Å². The number of oxime groups is 1. The number of oxazole rings is 1. The van der Waals surface area contributed by atoms with Gasteiger partial charge in [0.2, 0.25) is 5.89 Å². The van der Waals surface area contributed by atoms with Crippen LogP contribution in [0.15, 0.2) is 64.2 Å². The van der Waals surface area contributed by atoms with Crippen LogP contribution in [0.25, 0.3) is 11.5 Å². The van der Waals surface area contributed by atoms with Gasteiger partial charge in [-0.05, 0) is 50.6 Å². The van der Waals surface area contributed by atoms with Crippen LogP contribution in [0, 0.1) is 6.92 Å². The van der Waals surface area contributed by atoms with Crippen molar-refractivity contribution in [3.8, 4) is 17.2 Å². The molecule has 0 atom stereocenters. The van der Waals surface area contributed by atoms with E-state index in [0.717, 1.165) is 28.3 Å². The lowest BCUT2D eigenvalue weighted by molar-refractivity contribution is -0.139. The fourth-order valence-corrected chi connectivity index (χ4v) is 3.11. The number of aryl methyl sites for hydroxylation is 1. The van der Waals surface area contributed by atoms with Gasteiger partial charge in [0, 0.05) is 18.4 Å². The third kappa shape index (κ3) is 7.49. The van der Waals surface area contributed by atoms with Crippen LogP contribution < -0.4 is 4.74 Å². The van der Waals surface area contributed by atoms with Crippen LogP contribution in [-0.4, -0.2) is 36.5 Å². The molecule has 3 rings (SSSR count). The van der Waals surface area contributed by atoms with E-state index in [1.807, 2.05) is 75.4 Å². The molecule has 0 aliphatic carbocycles. The van der Waals surface area contributed by atoms with Crippen molar-refractivity contribution in [2.45, 2.75) is 46.1 Å². The Balaban J connectivity index is 1.54. The van der Waals surface area contributed by atoms with Crippen LogP contribution in [0.2, 0.25) is 0 Å². The predicted molar refractivity (Wildman–Crippen MR) is 126 cm³/mol. The second kappa shape index (κ2) is 11.9. The summed E-state index contributed by atoms with van der Waals surface area (Å²) in [5.74, 6) is 1.83. The van der Waals surface area contributed by atoms with Crippen molar-refractivity contribution in [1.29, 1.82) is 0 Å².